The lowest BCUT2D eigenvalue weighted by atomic mass is 9.89. The van der Waals surface area contributed by atoms with E-state index in [2.05, 4.69) is 229 Å². The van der Waals surface area contributed by atoms with E-state index in [1.807, 2.05) is 11.3 Å². The van der Waals surface area contributed by atoms with Crippen molar-refractivity contribution >= 4 is 59.3 Å². The molecule has 0 spiro atoms. The molecule has 0 N–H and O–H groups in total. The fourth-order valence-electron chi connectivity index (χ4n) is 9.17. The molecule has 1 aliphatic rings. The monoisotopic (exact) mass is 795 g/mol. The zero-order chi connectivity index (χ0) is 40.3. The van der Waals surface area contributed by atoms with Gasteiger partial charge in [-0.1, -0.05) is 170 Å². The molecule has 61 heavy (non-hydrogen) atoms. The van der Waals surface area contributed by atoms with Gasteiger partial charge in [-0.25, -0.2) is 0 Å². The zero-order valence-electron chi connectivity index (χ0n) is 33.1. The SMILES string of the molecule is c1ccc(-c2ccc(N(c3ccc(-c4cccc5c4sc4ccccc45)cc3)c3cccc4c3-c3cc5ccccc5cc3-c3cccc(-c5ccccc5)c3O4)cc2)cc1. The van der Waals surface area contributed by atoms with Gasteiger partial charge in [-0.3, -0.25) is 0 Å². The fourth-order valence-corrected chi connectivity index (χ4v) is 10.4. The summed E-state index contributed by atoms with van der Waals surface area (Å²) in [4.78, 5) is 2.40. The van der Waals surface area contributed by atoms with Crippen molar-refractivity contribution in [2.24, 2.45) is 0 Å². The Labute approximate surface area is 358 Å². The van der Waals surface area contributed by atoms with Crippen molar-refractivity contribution in [3.8, 4) is 67.1 Å². The normalized spacial score (nSPS) is 11.7. The summed E-state index contributed by atoms with van der Waals surface area (Å²) in [7, 11) is 0. The standard InChI is InChI=1S/C58H37NOS/c1-3-14-38(15-4-1)39-28-32-44(33-29-39)59(45-34-30-41(31-35-45)47-22-12-24-50-48-20-9-10-27-55(48)61-58(47)50)53-25-13-26-54-56(53)52-37-43-19-8-7-18-42(43)36-51(52)49-23-11-21-46(57(49)60-54)40-16-5-2-6-17-40/h1-37H. The molecule has 0 fully saturated rings. The summed E-state index contributed by atoms with van der Waals surface area (Å²) in [6.45, 7) is 0. The first kappa shape index (κ1) is 35.2. The van der Waals surface area contributed by atoms with E-state index < -0.39 is 0 Å². The highest BCUT2D eigenvalue weighted by Gasteiger charge is 2.29. The Kier molecular flexibility index (Phi) is 8.39. The third-order valence-corrected chi connectivity index (χ3v) is 13.3. The molecule has 1 aromatic heterocycles. The third kappa shape index (κ3) is 6.01. The first-order chi connectivity index (χ1) is 30.2. The number of benzene rings is 10. The van der Waals surface area contributed by atoms with Crippen molar-refractivity contribution in [2.75, 3.05) is 4.90 Å². The average molecular weight is 796 g/mol. The maximum Gasteiger partial charge on any atom is 0.143 e. The molecule has 0 atom stereocenters. The Balaban J connectivity index is 1.07. The second kappa shape index (κ2) is 14.5. The van der Waals surface area contributed by atoms with E-state index in [-0.39, 0.29) is 0 Å². The number of hydrogen-bond acceptors (Lipinski definition) is 3. The maximum atomic E-state index is 7.25. The highest BCUT2D eigenvalue weighted by Crippen LogP contribution is 2.55. The summed E-state index contributed by atoms with van der Waals surface area (Å²) >= 11 is 1.87. The van der Waals surface area contributed by atoms with Crippen molar-refractivity contribution in [1.29, 1.82) is 0 Å². The van der Waals surface area contributed by atoms with Crippen LogP contribution in [0.5, 0.6) is 11.5 Å². The van der Waals surface area contributed by atoms with Crippen LogP contribution >= 0.6 is 11.3 Å². The Morgan fingerprint density at radius 2 is 0.902 bits per heavy atom. The van der Waals surface area contributed by atoms with E-state index in [1.165, 1.54) is 53.2 Å². The van der Waals surface area contributed by atoms with Gasteiger partial charge in [0.1, 0.15) is 11.5 Å². The molecule has 3 heteroatoms. The van der Waals surface area contributed by atoms with Gasteiger partial charge in [0.05, 0.1) is 5.69 Å². The van der Waals surface area contributed by atoms with Crippen molar-refractivity contribution in [2.45, 2.75) is 0 Å². The second-order valence-corrected chi connectivity index (χ2v) is 16.7. The third-order valence-electron chi connectivity index (χ3n) is 12.1. The Bertz CT molecular complexity index is 3420. The van der Waals surface area contributed by atoms with Gasteiger partial charge in [-0.05, 0) is 104 Å². The van der Waals surface area contributed by atoms with Gasteiger partial charge in [0, 0.05) is 48.2 Å². The number of hydrogen-bond donors (Lipinski definition) is 0. The minimum Gasteiger partial charge on any atom is -0.455 e. The number of ether oxygens (including phenoxy) is 1. The molecule has 2 nitrogen and oxygen atoms in total. The summed E-state index contributed by atoms with van der Waals surface area (Å²) in [5.41, 5.74) is 14.5. The Morgan fingerprint density at radius 1 is 0.361 bits per heavy atom. The van der Waals surface area contributed by atoms with Gasteiger partial charge in [0.25, 0.3) is 0 Å². The summed E-state index contributed by atoms with van der Waals surface area (Å²) in [5.74, 6) is 1.68. The van der Waals surface area contributed by atoms with Crippen molar-refractivity contribution in [1.82, 2.24) is 0 Å². The van der Waals surface area contributed by atoms with E-state index in [9.17, 15) is 0 Å². The van der Waals surface area contributed by atoms with E-state index in [0.717, 1.165) is 61.9 Å². The summed E-state index contributed by atoms with van der Waals surface area (Å²) in [6.07, 6.45) is 0. The molecule has 0 aliphatic carbocycles. The molecule has 0 unspecified atom stereocenters. The summed E-state index contributed by atoms with van der Waals surface area (Å²) in [5, 5.41) is 4.99. The first-order valence-corrected chi connectivity index (χ1v) is 21.6. The summed E-state index contributed by atoms with van der Waals surface area (Å²) < 4.78 is 9.88. The zero-order valence-corrected chi connectivity index (χ0v) is 33.9. The Morgan fingerprint density at radius 3 is 1.66 bits per heavy atom. The van der Waals surface area contributed by atoms with Crippen LogP contribution in [0, 0.1) is 0 Å². The second-order valence-electron chi connectivity index (χ2n) is 15.6. The van der Waals surface area contributed by atoms with Gasteiger partial charge < -0.3 is 9.64 Å². The minimum absolute atomic E-state index is 0.815. The van der Waals surface area contributed by atoms with Crippen LogP contribution in [-0.4, -0.2) is 0 Å². The lowest BCUT2D eigenvalue weighted by Crippen LogP contribution is -2.11. The minimum atomic E-state index is 0.815. The molecular formula is C58H37NOS. The number of thiophene rings is 1. The molecule has 0 bridgehead atoms. The van der Waals surface area contributed by atoms with Crippen LogP contribution in [0.4, 0.5) is 17.1 Å². The molecule has 286 valence electrons. The van der Waals surface area contributed by atoms with Crippen LogP contribution in [0.15, 0.2) is 224 Å². The lowest BCUT2D eigenvalue weighted by molar-refractivity contribution is 0.489. The smallest absolute Gasteiger partial charge is 0.143 e. The molecule has 10 aromatic carbocycles. The Hall–Kier alpha value is -7.72. The van der Waals surface area contributed by atoms with Crippen LogP contribution in [0.3, 0.4) is 0 Å². The van der Waals surface area contributed by atoms with Gasteiger partial charge in [-0.15, -0.1) is 11.3 Å². The number of anilines is 3. The van der Waals surface area contributed by atoms with Crippen molar-refractivity contribution in [3.63, 3.8) is 0 Å². The molecule has 0 saturated carbocycles. The molecule has 2 heterocycles. The van der Waals surface area contributed by atoms with Crippen LogP contribution in [0.2, 0.25) is 0 Å². The van der Waals surface area contributed by atoms with Crippen molar-refractivity contribution in [3.05, 3.63) is 224 Å². The predicted molar refractivity (Wildman–Crippen MR) is 259 cm³/mol. The van der Waals surface area contributed by atoms with E-state index >= 15 is 0 Å². The molecule has 0 amide bonds. The van der Waals surface area contributed by atoms with E-state index in [1.54, 1.807) is 0 Å². The number of para-hydroxylation sites is 1. The highest BCUT2D eigenvalue weighted by atomic mass is 32.1. The average Bonchev–Trinajstić information content (AvgIpc) is 3.65. The molecule has 0 saturated heterocycles. The van der Waals surface area contributed by atoms with Gasteiger partial charge in [0.15, 0.2) is 0 Å². The highest BCUT2D eigenvalue weighted by molar-refractivity contribution is 7.26. The van der Waals surface area contributed by atoms with E-state index in [0.29, 0.717) is 0 Å². The van der Waals surface area contributed by atoms with Crippen LogP contribution in [0.25, 0.3) is 86.6 Å². The van der Waals surface area contributed by atoms with Gasteiger partial charge in [0.2, 0.25) is 0 Å². The van der Waals surface area contributed by atoms with Crippen LogP contribution in [-0.2, 0) is 0 Å². The molecular weight excluding hydrogens is 759 g/mol. The van der Waals surface area contributed by atoms with E-state index in [4.69, 9.17) is 4.74 Å². The van der Waals surface area contributed by atoms with Crippen LogP contribution < -0.4 is 9.64 Å². The quantitative estimate of drug-likeness (QED) is 0.166. The maximum absolute atomic E-state index is 7.25. The largest absolute Gasteiger partial charge is 0.455 e. The number of fused-ring (bicyclic) bond motifs is 9. The predicted octanol–water partition coefficient (Wildman–Crippen LogP) is 17.1. The summed E-state index contributed by atoms with van der Waals surface area (Å²) in [6, 6.07) is 81.0. The fraction of sp³-hybridized carbons (Fsp3) is 0. The van der Waals surface area contributed by atoms with Gasteiger partial charge in [-0.2, -0.15) is 0 Å². The van der Waals surface area contributed by atoms with Crippen LogP contribution in [0.1, 0.15) is 0 Å². The first-order valence-electron chi connectivity index (χ1n) is 20.7. The molecule has 0 radical (unpaired) electrons. The van der Waals surface area contributed by atoms with Crippen molar-refractivity contribution < 1.29 is 4.74 Å². The number of nitrogens with zero attached hydrogens (tertiary/aromatic N) is 1. The van der Waals surface area contributed by atoms with Gasteiger partial charge >= 0.3 is 0 Å². The molecule has 12 rings (SSSR count). The lowest BCUT2D eigenvalue weighted by Gasteiger charge is -2.29. The number of rotatable bonds is 6. The topological polar surface area (TPSA) is 12.5 Å². The molecule has 1 aliphatic heterocycles. The molecule has 11 aromatic rings.